The molecule has 1 aromatic carbocycles. The molecule has 1 aromatic heterocycles. The summed E-state index contributed by atoms with van der Waals surface area (Å²) in [5, 5.41) is 8.96. The largest absolute Gasteiger partial charge is 0.478 e. The molecule has 3 heteroatoms. The van der Waals surface area contributed by atoms with Crippen LogP contribution >= 0.6 is 0 Å². The molecule has 2 aromatic rings. The minimum Gasteiger partial charge on any atom is -0.478 e. The number of aromatic carboxylic acids is 1. The maximum Gasteiger partial charge on any atom is 0.337 e. The van der Waals surface area contributed by atoms with Crippen LogP contribution < -0.4 is 0 Å². The van der Waals surface area contributed by atoms with Gasteiger partial charge in [0, 0.05) is 18.0 Å². The van der Waals surface area contributed by atoms with Crippen LogP contribution in [-0.4, -0.2) is 16.1 Å². The van der Waals surface area contributed by atoms with Crippen molar-refractivity contribution in [1.29, 1.82) is 0 Å². The van der Waals surface area contributed by atoms with E-state index in [0.29, 0.717) is 5.92 Å². The lowest BCUT2D eigenvalue weighted by atomic mass is 9.99. The predicted octanol–water partition coefficient (Wildman–Crippen LogP) is 3.65. The summed E-state index contributed by atoms with van der Waals surface area (Å²) in [4.78, 5) is 14.9. The lowest BCUT2D eigenvalue weighted by Gasteiger charge is -2.07. The molecule has 1 N–H and O–H groups in total. The van der Waals surface area contributed by atoms with Gasteiger partial charge in [-0.3, -0.25) is 4.98 Å². The lowest BCUT2D eigenvalue weighted by molar-refractivity contribution is 0.0696. The second kappa shape index (κ2) is 5.65. The number of nitrogens with zero attached hydrogens (tertiary/aromatic N) is 1. The summed E-state index contributed by atoms with van der Waals surface area (Å²) < 4.78 is 0. The number of rotatable bonds is 4. The van der Waals surface area contributed by atoms with Crippen LogP contribution in [0.25, 0.3) is 11.1 Å². The van der Waals surface area contributed by atoms with Gasteiger partial charge in [-0.15, -0.1) is 0 Å². The molecular formula is C16H17NO2. The molecular weight excluding hydrogens is 238 g/mol. The lowest BCUT2D eigenvalue weighted by Crippen LogP contribution is -1.97. The molecule has 0 saturated heterocycles. The number of carboxylic acid groups (broad SMARTS) is 1. The van der Waals surface area contributed by atoms with E-state index in [4.69, 9.17) is 5.11 Å². The number of hydrogen-bond acceptors (Lipinski definition) is 2. The van der Waals surface area contributed by atoms with Gasteiger partial charge < -0.3 is 5.11 Å². The topological polar surface area (TPSA) is 50.2 Å². The molecule has 3 nitrogen and oxygen atoms in total. The Morgan fingerprint density at radius 3 is 2.42 bits per heavy atom. The Hall–Kier alpha value is -2.16. The van der Waals surface area contributed by atoms with Crippen LogP contribution in [0.15, 0.2) is 42.7 Å². The van der Waals surface area contributed by atoms with E-state index in [-0.39, 0.29) is 5.56 Å². The molecule has 2 rings (SSSR count). The van der Waals surface area contributed by atoms with Gasteiger partial charge in [-0.1, -0.05) is 38.1 Å². The number of hydrogen-bond donors (Lipinski definition) is 1. The fourth-order valence-electron chi connectivity index (χ4n) is 2.02. The zero-order valence-electron chi connectivity index (χ0n) is 11.1. The molecule has 0 bridgehead atoms. The van der Waals surface area contributed by atoms with E-state index < -0.39 is 5.97 Å². The molecule has 0 aliphatic heterocycles. The first kappa shape index (κ1) is 13.3. The minimum absolute atomic E-state index is 0.212. The summed E-state index contributed by atoms with van der Waals surface area (Å²) in [7, 11) is 0. The molecule has 0 aliphatic rings. The molecule has 0 spiro atoms. The average Bonchev–Trinajstić information content (AvgIpc) is 2.39. The highest BCUT2D eigenvalue weighted by atomic mass is 16.4. The normalized spacial score (nSPS) is 10.7. The van der Waals surface area contributed by atoms with Crippen LogP contribution in [0, 0.1) is 5.92 Å². The van der Waals surface area contributed by atoms with E-state index in [2.05, 4.69) is 31.0 Å². The smallest absolute Gasteiger partial charge is 0.337 e. The van der Waals surface area contributed by atoms with Crippen LogP contribution in [0.1, 0.15) is 29.8 Å². The van der Waals surface area contributed by atoms with Gasteiger partial charge in [-0.05, 0) is 29.5 Å². The zero-order chi connectivity index (χ0) is 13.8. The molecule has 0 radical (unpaired) electrons. The van der Waals surface area contributed by atoms with Crippen molar-refractivity contribution in [3.63, 3.8) is 0 Å². The monoisotopic (exact) mass is 255 g/mol. The first-order valence-corrected chi connectivity index (χ1v) is 6.34. The highest BCUT2D eigenvalue weighted by Gasteiger charge is 2.06. The molecule has 0 unspecified atom stereocenters. The zero-order valence-corrected chi connectivity index (χ0v) is 11.1. The van der Waals surface area contributed by atoms with E-state index in [0.717, 1.165) is 17.5 Å². The second-order valence-corrected chi connectivity index (χ2v) is 5.06. The van der Waals surface area contributed by atoms with Crippen LogP contribution in [0.5, 0.6) is 0 Å². The van der Waals surface area contributed by atoms with Gasteiger partial charge >= 0.3 is 5.97 Å². The molecule has 0 fully saturated rings. The Morgan fingerprint density at radius 2 is 1.84 bits per heavy atom. The van der Waals surface area contributed by atoms with Crippen LogP contribution in [0.3, 0.4) is 0 Å². The highest BCUT2D eigenvalue weighted by molar-refractivity contribution is 5.88. The molecule has 98 valence electrons. The number of benzene rings is 1. The maximum atomic E-state index is 10.9. The number of aromatic nitrogens is 1. The highest BCUT2D eigenvalue weighted by Crippen LogP contribution is 2.21. The molecule has 0 atom stereocenters. The first-order valence-electron chi connectivity index (χ1n) is 6.34. The third-order valence-electron chi connectivity index (χ3n) is 2.92. The van der Waals surface area contributed by atoms with Crippen molar-refractivity contribution < 1.29 is 9.90 Å². The van der Waals surface area contributed by atoms with E-state index in [1.165, 1.54) is 11.8 Å². The Kier molecular flexibility index (Phi) is 3.95. The van der Waals surface area contributed by atoms with Gasteiger partial charge in [0.25, 0.3) is 0 Å². The predicted molar refractivity (Wildman–Crippen MR) is 75.2 cm³/mol. The summed E-state index contributed by atoms with van der Waals surface area (Å²) in [6.07, 6.45) is 4.09. The van der Waals surface area contributed by atoms with Crippen molar-refractivity contribution in [2.24, 2.45) is 5.92 Å². The van der Waals surface area contributed by atoms with Crippen LogP contribution in [0.2, 0.25) is 0 Å². The van der Waals surface area contributed by atoms with Gasteiger partial charge in [0.05, 0.1) is 5.56 Å². The summed E-state index contributed by atoms with van der Waals surface area (Å²) in [6, 6.07) is 9.85. The third kappa shape index (κ3) is 3.41. The quantitative estimate of drug-likeness (QED) is 0.907. The van der Waals surface area contributed by atoms with E-state index in [1.807, 2.05) is 12.1 Å². The van der Waals surface area contributed by atoms with Crippen LogP contribution in [0.4, 0.5) is 0 Å². The molecule has 0 saturated carbocycles. The first-order chi connectivity index (χ1) is 9.06. The van der Waals surface area contributed by atoms with Gasteiger partial charge in [0.15, 0.2) is 0 Å². The second-order valence-electron chi connectivity index (χ2n) is 5.06. The fraction of sp³-hybridized carbons (Fsp3) is 0.250. The van der Waals surface area contributed by atoms with Crippen molar-refractivity contribution in [3.8, 4) is 11.1 Å². The van der Waals surface area contributed by atoms with E-state index in [1.54, 1.807) is 12.3 Å². The summed E-state index contributed by atoms with van der Waals surface area (Å²) in [6.45, 7) is 4.38. The molecule has 1 heterocycles. The van der Waals surface area contributed by atoms with Gasteiger partial charge in [-0.2, -0.15) is 0 Å². The Balaban J connectivity index is 2.27. The summed E-state index contributed by atoms with van der Waals surface area (Å²) >= 11 is 0. The number of pyridine rings is 1. The van der Waals surface area contributed by atoms with Crippen molar-refractivity contribution in [1.82, 2.24) is 4.98 Å². The number of carboxylic acids is 1. The van der Waals surface area contributed by atoms with Crippen LogP contribution in [-0.2, 0) is 6.42 Å². The summed E-state index contributed by atoms with van der Waals surface area (Å²) in [5.74, 6) is -0.325. The molecule has 0 aliphatic carbocycles. The summed E-state index contributed by atoms with van der Waals surface area (Å²) in [5.41, 5.74) is 3.32. The Morgan fingerprint density at radius 1 is 1.16 bits per heavy atom. The van der Waals surface area contributed by atoms with Crippen molar-refractivity contribution in [2.75, 3.05) is 0 Å². The Labute approximate surface area is 112 Å². The minimum atomic E-state index is -0.953. The average molecular weight is 255 g/mol. The van der Waals surface area contributed by atoms with E-state index >= 15 is 0 Å². The van der Waals surface area contributed by atoms with Crippen molar-refractivity contribution >= 4 is 5.97 Å². The van der Waals surface area contributed by atoms with E-state index in [9.17, 15) is 4.79 Å². The fourth-order valence-corrected chi connectivity index (χ4v) is 2.02. The Bertz CT molecular complexity index is 574. The standard InChI is InChI=1S/C16H17NO2/c1-11(2)7-12-3-5-13(6-4-12)14-8-15(16(18)19)10-17-9-14/h3-6,8-11H,7H2,1-2H3,(H,18,19). The van der Waals surface area contributed by atoms with Crippen molar-refractivity contribution in [2.45, 2.75) is 20.3 Å². The van der Waals surface area contributed by atoms with Crippen molar-refractivity contribution in [3.05, 3.63) is 53.9 Å². The number of carbonyl (C=O) groups is 1. The maximum absolute atomic E-state index is 10.9. The molecule has 19 heavy (non-hydrogen) atoms. The third-order valence-corrected chi connectivity index (χ3v) is 2.92. The SMILES string of the molecule is CC(C)Cc1ccc(-c2cncc(C(=O)O)c2)cc1. The van der Waals surface area contributed by atoms with Gasteiger partial charge in [0.2, 0.25) is 0 Å². The van der Waals surface area contributed by atoms with Gasteiger partial charge in [-0.25, -0.2) is 4.79 Å². The molecule has 0 amide bonds. The van der Waals surface area contributed by atoms with Gasteiger partial charge in [0.1, 0.15) is 0 Å².